The fraction of sp³-hybridized carbons (Fsp3) is 0.350. The Bertz CT molecular complexity index is 1030. The van der Waals surface area contributed by atoms with Crippen LogP contribution in [0.5, 0.6) is 5.75 Å². The molecule has 8 nitrogen and oxygen atoms in total. The first-order valence-corrected chi connectivity index (χ1v) is 10.6. The van der Waals surface area contributed by atoms with Crippen LogP contribution in [0.1, 0.15) is 28.8 Å². The van der Waals surface area contributed by atoms with Gasteiger partial charge in [-0.2, -0.15) is 4.31 Å². The number of carbonyl (C=O) groups is 1. The first kappa shape index (κ1) is 20.9. The third kappa shape index (κ3) is 4.30. The number of rotatable bonds is 6. The molecule has 3 rings (SSSR count). The van der Waals surface area contributed by atoms with E-state index in [1.807, 2.05) is 0 Å². The molecule has 29 heavy (non-hydrogen) atoms. The molecular formula is C20H22N2O6S. The summed E-state index contributed by atoms with van der Waals surface area (Å²) < 4.78 is 32.2. The Hall–Kier alpha value is -2.78. The monoisotopic (exact) mass is 418 g/mol. The second kappa shape index (κ2) is 8.30. The highest BCUT2D eigenvalue weighted by molar-refractivity contribution is 7.89. The fourth-order valence-corrected chi connectivity index (χ4v) is 4.94. The van der Waals surface area contributed by atoms with E-state index in [9.17, 15) is 23.3 Å². The Balaban J connectivity index is 1.71. The summed E-state index contributed by atoms with van der Waals surface area (Å²) in [4.78, 5) is 23.1. The number of hydrogen-bond donors (Lipinski definition) is 0. The maximum Gasteiger partial charge on any atom is 0.273 e. The summed E-state index contributed by atoms with van der Waals surface area (Å²) in [6.07, 6.45) is 0.802. The lowest BCUT2D eigenvalue weighted by atomic mass is 9.89. The van der Waals surface area contributed by atoms with Gasteiger partial charge in [0.25, 0.3) is 5.69 Å². The zero-order chi connectivity index (χ0) is 21.2. The molecule has 2 aromatic carbocycles. The van der Waals surface area contributed by atoms with Crippen LogP contribution in [0.2, 0.25) is 0 Å². The molecule has 1 aliphatic rings. The zero-order valence-electron chi connectivity index (χ0n) is 16.2. The number of ether oxygens (including phenoxy) is 1. The van der Waals surface area contributed by atoms with E-state index >= 15 is 0 Å². The average molecular weight is 418 g/mol. The van der Waals surface area contributed by atoms with Crippen molar-refractivity contribution in [3.63, 3.8) is 0 Å². The summed E-state index contributed by atoms with van der Waals surface area (Å²) in [5.41, 5.74) is 0.745. The van der Waals surface area contributed by atoms with Crippen LogP contribution in [0.4, 0.5) is 5.69 Å². The van der Waals surface area contributed by atoms with Crippen LogP contribution < -0.4 is 4.74 Å². The molecule has 0 spiro atoms. The largest absolute Gasteiger partial charge is 0.497 e. The number of nitro benzene ring substituents is 1. The minimum atomic E-state index is -3.86. The van der Waals surface area contributed by atoms with Gasteiger partial charge in [0.15, 0.2) is 5.78 Å². The van der Waals surface area contributed by atoms with Gasteiger partial charge < -0.3 is 4.74 Å². The van der Waals surface area contributed by atoms with Gasteiger partial charge in [-0.1, -0.05) is 6.07 Å². The summed E-state index contributed by atoms with van der Waals surface area (Å²) in [7, 11) is -2.31. The van der Waals surface area contributed by atoms with E-state index in [0.717, 1.165) is 6.07 Å². The van der Waals surface area contributed by atoms with Crippen molar-refractivity contribution in [2.24, 2.45) is 5.92 Å². The molecule has 0 radical (unpaired) electrons. The molecular weight excluding hydrogens is 396 g/mol. The zero-order valence-corrected chi connectivity index (χ0v) is 17.0. The molecule has 2 aromatic rings. The van der Waals surface area contributed by atoms with E-state index < -0.39 is 14.9 Å². The molecule has 9 heteroatoms. The number of benzene rings is 2. The van der Waals surface area contributed by atoms with Crippen molar-refractivity contribution >= 4 is 21.5 Å². The van der Waals surface area contributed by atoms with Crippen LogP contribution >= 0.6 is 0 Å². The normalized spacial score (nSPS) is 15.8. The number of hydrogen-bond acceptors (Lipinski definition) is 6. The summed E-state index contributed by atoms with van der Waals surface area (Å²) >= 11 is 0. The minimum absolute atomic E-state index is 0.0179. The lowest BCUT2D eigenvalue weighted by molar-refractivity contribution is -0.385. The summed E-state index contributed by atoms with van der Waals surface area (Å²) in [6, 6.07) is 10.8. The van der Waals surface area contributed by atoms with Gasteiger partial charge >= 0.3 is 0 Å². The molecule has 1 fully saturated rings. The van der Waals surface area contributed by atoms with E-state index in [4.69, 9.17) is 4.74 Å². The fourth-order valence-electron chi connectivity index (χ4n) is 3.44. The number of carbonyl (C=O) groups excluding carboxylic acids is 1. The van der Waals surface area contributed by atoms with Crippen LogP contribution in [-0.4, -0.2) is 43.6 Å². The second-order valence-electron chi connectivity index (χ2n) is 6.98. The number of piperidine rings is 1. The van der Waals surface area contributed by atoms with Gasteiger partial charge in [0.1, 0.15) is 5.75 Å². The lowest BCUT2D eigenvalue weighted by Crippen LogP contribution is -2.40. The average Bonchev–Trinajstić information content (AvgIpc) is 2.73. The van der Waals surface area contributed by atoms with Gasteiger partial charge in [0.2, 0.25) is 10.0 Å². The third-order valence-electron chi connectivity index (χ3n) is 5.21. The Morgan fingerprint density at radius 2 is 1.76 bits per heavy atom. The van der Waals surface area contributed by atoms with Crippen molar-refractivity contribution in [1.29, 1.82) is 0 Å². The van der Waals surface area contributed by atoms with E-state index in [2.05, 4.69) is 0 Å². The Morgan fingerprint density at radius 3 is 2.31 bits per heavy atom. The Kier molecular flexibility index (Phi) is 5.99. The standard InChI is InChI=1S/C20H22N2O6S/c1-14-3-8-18(13-19(14)22(24)25)29(26,27)21-11-9-16(10-12-21)20(23)15-4-6-17(28-2)7-5-15/h3-8,13,16H,9-12H2,1-2H3. The van der Waals surface area contributed by atoms with Crippen LogP contribution in [0.15, 0.2) is 47.4 Å². The topological polar surface area (TPSA) is 107 Å². The van der Waals surface area contributed by atoms with Crippen LogP contribution in [-0.2, 0) is 10.0 Å². The molecule has 0 N–H and O–H groups in total. The number of nitrogens with zero attached hydrogens (tertiary/aromatic N) is 2. The van der Waals surface area contributed by atoms with Gasteiger partial charge in [0, 0.05) is 36.2 Å². The van der Waals surface area contributed by atoms with Crippen LogP contribution in [0, 0.1) is 23.0 Å². The molecule has 0 saturated carbocycles. The smallest absolute Gasteiger partial charge is 0.273 e. The van der Waals surface area contributed by atoms with Crippen LogP contribution in [0.25, 0.3) is 0 Å². The van der Waals surface area contributed by atoms with Gasteiger partial charge in [-0.15, -0.1) is 0 Å². The molecule has 0 aromatic heterocycles. The van der Waals surface area contributed by atoms with E-state index in [1.165, 1.54) is 16.4 Å². The molecule has 0 atom stereocenters. The first-order chi connectivity index (χ1) is 13.7. The van der Waals surface area contributed by atoms with Gasteiger partial charge in [-0.3, -0.25) is 14.9 Å². The van der Waals surface area contributed by atoms with Crippen molar-refractivity contribution in [2.75, 3.05) is 20.2 Å². The van der Waals surface area contributed by atoms with Crippen molar-refractivity contribution in [3.8, 4) is 5.75 Å². The Morgan fingerprint density at radius 1 is 1.14 bits per heavy atom. The van der Waals surface area contributed by atoms with Gasteiger partial charge in [-0.25, -0.2) is 8.42 Å². The van der Waals surface area contributed by atoms with Crippen molar-refractivity contribution < 1.29 is 22.9 Å². The highest BCUT2D eigenvalue weighted by Crippen LogP contribution is 2.29. The van der Waals surface area contributed by atoms with E-state index in [0.29, 0.717) is 29.7 Å². The lowest BCUT2D eigenvalue weighted by Gasteiger charge is -2.30. The third-order valence-corrected chi connectivity index (χ3v) is 7.11. The second-order valence-corrected chi connectivity index (χ2v) is 8.91. The van der Waals surface area contributed by atoms with Crippen molar-refractivity contribution in [1.82, 2.24) is 4.31 Å². The summed E-state index contributed by atoms with van der Waals surface area (Å²) in [6.45, 7) is 1.94. The molecule has 1 saturated heterocycles. The molecule has 0 bridgehead atoms. The molecule has 1 aliphatic heterocycles. The van der Waals surface area contributed by atoms with Gasteiger partial charge in [-0.05, 0) is 50.1 Å². The quantitative estimate of drug-likeness (QED) is 0.405. The number of ketones is 1. The van der Waals surface area contributed by atoms with Crippen LogP contribution in [0.3, 0.4) is 0 Å². The van der Waals surface area contributed by atoms with Crippen molar-refractivity contribution in [3.05, 3.63) is 63.7 Å². The van der Waals surface area contributed by atoms with E-state index in [-0.39, 0.29) is 35.4 Å². The number of aryl methyl sites for hydroxylation is 1. The molecule has 0 aliphatic carbocycles. The first-order valence-electron chi connectivity index (χ1n) is 9.17. The SMILES string of the molecule is COc1ccc(C(=O)C2CCN(S(=O)(=O)c3ccc(C)c([N+](=O)[O-])c3)CC2)cc1. The molecule has 1 heterocycles. The number of nitro groups is 1. The highest BCUT2D eigenvalue weighted by Gasteiger charge is 2.33. The van der Waals surface area contributed by atoms with E-state index in [1.54, 1.807) is 38.3 Å². The highest BCUT2D eigenvalue weighted by atomic mass is 32.2. The maximum absolute atomic E-state index is 12.9. The number of sulfonamides is 1. The predicted octanol–water partition coefficient (Wildman–Crippen LogP) is 3.20. The Labute approximate surface area is 169 Å². The number of methoxy groups -OCH3 is 1. The minimum Gasteiger partial charge on any atom is -0.497 e. The summed E-state index contributed by atoms with van der Waals surface area (Å²) in [5, 5.41) is 11.1. The molecule has 0 unspecified atom stereocenters. The van der Waals surface area contributed by atoms with Crippen molar-refractivity contribution in [2.45, 2.75) is 24.7 Å². The maximum atomic E-state index is 12.9. The molecule has 154 valence electrons. The number of Topliss-reactive ketones (excluding diaryl/α,β-unsaturated/α-hetero) is 1. The van der Waals surface area contributed by atoms with Gasteiger partial charge in [0.05, 0.1) is 16.9 Å². The summed E-state index contributed by atoms with van der Waals surface area (Å²) in [5.74, 6) is 0.382. The molecule has 0 amide bonds. The predicted molar refractivity (Wildman–Crippen MR) is 107 cm³/mol.